The number of hydrogen-bond donors (Lipinski definition) is 1. The Kier molecular flexibility index (Phi) is 2.26. The van der Waals surface area contributed by atoms with Crippen LogP contribution in [0.25, 0.3) is 0 Å². The molecule has 3 heteroatoms. The minimum absolute atomic E-state index is 0.567. The van der Waals surface area contributed by atoms with Gasteiger partial charge in [0.2, 0.25) is 0 Å². The van der Waals surface area contributed by atoms with Gasteiger partial charge in [0.05, 0.1) is 0 Å². The summed E-state index contributed by atoms with van der Waals surface area (Å²) in [7, 11) is 0. The number of nitrogens with zero attached hydrogens (tertiary/aromatic N) is 1. The summed E-state index contributed by atoms with van der Waals surface area (Å²) in [6.45, 7) is 0.567. The average molecular weight is 182 g/mol. The average Bonchev–Trinajstić information content (AvgIpc) is 1.89. The maximum absolute atomic E-state index is 5.40. The van der Waals surface area contributed by atoms with E-state index in [1.165, 1.54) is 0 Å². The first-order valence-electron chi connectivity index (χ1n) is 2.67. The summed E-state index contributed by atoms with van der Waals surface area (Å²) in [6, 6.07) is 3.86. The van der Waals surface area contributed by atoms with Crippen molar-refractivity contribution in [1.29, 1.82) is 0 Å². The van der Waals surface area contributed by atoms with Crippen molar-refractivity contribution in [3.8, 4) is 0 Å². The fourth-order valence-electron chi connectivity index (χ4n) is 0.590. The summed E-state index contributed by atoms with van der Waals surface area (Å²) in [6.07, 6.45) is 1.76. The monoisotopic (exact) mass is 182 g/mol. The van der Waals surface area contributed by atoms with Gasteiger partial charge in [0.1, 0.15) is 0 Å². The van der Waals surface area contributed by atoms with Crippen LogP contribution < -0.4 is 10.2 Å². The molecular weight excluding hydrogens is 175 g/mol. The van der Waals surface area contributed by atoms with E-state index >= 15 is 0 Å². The van der Waals surface area contributed by atoms with Gasteiger partial charge in [-0.25, -0.2) is 0 Å². The third-order valence-corrected chi connectivity index (χ3v) is 1.93. The van der Waals surface area contributed by atoms with Crippen molar-refractivity contribution in [2.24, 2.45) is 5.73 Å². The van der Waals surface area contributed by atoms with Crippen LogP contribution in [-0.2, 0) is 6.54 Å². The van der Waals surface area contributed by atoms with Crippen molar-refractivity contribution in [1.82, 2.24) is 4.98 Å². The Morgan fingerprint density at radius 2 is 2.44 bits per heavy atom. The standard InChI is InChI=1S/C6H7AsN2/c7-6-5(4-8)2-1-3-9-6/h1-3H,4,8H2. The Hall–Kier alpha value is -0.332. The normalized spacial score (nSPS) is 9.56. The molecule has 1 rings (SSSR count). The van der Waals surface area contributed by atoms with Crippen LogP contribution in [-0.4, -0.2) is 21.8 Å². The van der Waals surface area contributed by atoms with Gasteiger partial charge in [-0.15, -0.1) is 0 Å². The molecule has 2 nitrogen and oxygen atoms in total. The molecule has 2 N–H and O–H groups in total. The number of hydrogen-bond acceptors (Lipinski definition) is 2. The van der Waals surface area contributed by atoms with Crippen molar-refractivity contribution < 1.29 is 0 Å². The molecule has 46 valence electrons. The molecular formula is C6H7AsN2. The Balaban J connectivity index is 3.01. The zero-order chi connectivity index (χ0) is 6.69. The maximum atomic E-state index is 5.40. The SMILES string of the molecule is NCc1cccnc1[As]. The number of aromatic nitrogens is 1. The summed E-state index contributed by atoms with van der Waals surface area (Å²) in [5, 5.41) is 0. The first-order chi connectivity index (χ1) is 4.34. The second-order valence-electron chi connectivity index (χ2n) is 1.69. The molecule has 1 aromatic heterocycles. The van der Waals surface area contributed by atoms with Crippen LogP contribution in [0.4, 0.5) is 0 Å². The molecule has 0 fully saturated rings. The van der Waals surface area contributed by atoms with Crippen molar-refractivity contribution in [3.05, 3.63) is 23.9 Å². The molecule has 0 aliphatic heterocycles. The van der Waals surface area contributed by atoms with Gasteiger partial charge in [0, 0.05) is 0 Å². The minimum atomic E-state index is 0.567. The molecule has 9 heavy (non-hydrogen) atoms. The summed E-state index contributed by atoms with van der Waals surface area (Å²) >= 11 is 2.40. The van der Waals surface area contributed by atoms with Crippen LogP contribution in [0.15, 0.2) is 18.3 Å². The zero-order valence-corrected chi connectivity index (χ0v) is 6.79. The van der Waals surface area contributed by atoms with Gasteiger partial charge < -0.3 is 0 Å². The molecule has 1 aromatic rings. The van der Waals surface area contributed by atoms with Gasteiger partial charge in [-0.2, -0.15) is 0 Å². The fourth-order valence-corrected chi connectivity index (χ4v) is 1.08. The first-order valence-corrected chi connectivity index (χ1v) is 3.61. The van der Waals surface area contributed by atoms with Crippen LogP contribution in [0.3, 0.4) is 0 Å². The summed E-state index contributed by atoms with van der Waals surface area (Å²) in [5.41, 5.74) is 6.50. The molecule has 0 aromatic carbocycles. The van der Waals surface area contributed by atoms with E-state index in [1.807, 2.05) is 12.1 Å². The Morgan fingerprint density at radius 1 is 1.67 bits per heavy atom. The van der Waals surface area contributed by atoms with Crippen LogP contribution in [0.1, 0.15) is 5.56 Å². The third kappa shape index (κ3) is 1.54. The molecule has 0 saturated carbocycles. The molecule has 2 radical (unpaired) electrons. The van der Waals surface area contributed by atoms with E-state index in [0.717, 1.165) is 10.0 Å². The quantitative estimate of drug-likeness (QED) is 0.585. The van der Waals surface area contributed by atoms with E-state index in [0.29, 0.717) is 6.54 Å². The number of nitrogens with two attached hydrogens (primary N) is 1. The van der Waals surface area contributed by atoms with E-state index in [4.69, 9.17) is 5.73 Å². The van der Waals surface area contributed by atoms with E-state index in [2.05, 4.69) is 21.8 Å². The summed E-state index contributed by atoms with van der Waals surface area (Å²) in [5.74, 6) is 0. The van der Waals surface area contributed by atoms with Crippen LogP contribution in [0, 0.1) is 0 Å². The molecule has 0 aliphatic rings. The van der Waals surface area contributed by atoms with Crippen molar-refractivity contribution in [2.45, 2.75) is 6.54 Å². The predicted octanol–water partition coefficient (Wildman–Crippen LogP) is -0.666. The Morgan fingerprint density at radius 3 is 2.89 bits per heavy atom. The van der Waals surface area contributed by atoms with Gasteiger partial charge >= 0.3 is 62.5 Å². The van der Waals surface area contributed by atoms with Gasteiger partial charge in [-0.05, 0) is 0 Å². The van der Waals surface area contributed by atoms with Gasteiger partial charge in [0.25, 0.3) is 0 Å². The van der Waals surface area contributed by atoms with E-state index in [9.17, 15) is 0 Å². The molecule has 0 bridgehead atoms. The van der Waals surface area contributed by atoms with Gasteiger partial charge in [-0.1, -0.05) is 0 Å². The fraction of sp³-hybridized carbons (Fsp3) is 0.167. The Labute approximate surface area is 63.0 Å². The molecule has 1 heterocycles. The van der Waals surface area contributed by atoms with E-state index in [-0.39, 0.29) is 0 Å². The zero-order valence-electron chi connectivity index (χ0n) is 4.91. The second kappa shape index (κ2) is 3.00. The van der Waals surface area contributed by atoms with Crippen molar-refractivity contribution in [2.75, 3.05) is 0 Å². The molecule has 0 unspecified atom stereocenters. The van der Waals surface area contributed by atoms with E-state index in [1.54, 1.807) is 6.20 Å². The van der Waals surface area contributed by atoms with Crippen molar-refractivity contribution >= 4 is 21.3 Å². The second-order valence-corrected chi connectivity index (χ2v) is 2.58. The number of rotatable bonds is 1. The van der Waals surface area contributed by atoms with Crippen molar-refractivity contribution in [3.63, 3.8) is 0 Å². The molecule has 0 spiro atoms. The summed E-state index contributed by atoms with van der Waals surface area (Å²) in [4.78, 5) is 4.04. The third-order valence-electron chi connectivity index (χ3n) is 1.09. The molecule has 0 saturated heterocycles. The first kappa shape index (κ1) is 6.78. The van der Waals surface area contributed by atoms with Crippen LogP contribution in [0.2, 0.25) is 0 Å². The molecule has 0 amide bonds. The predicted molar refractivity (Wildman–Crippen MR) is 37.5 cm³/mol. The summed E-state index contributed by atoms with van der Waals surface area (Å²) < 4.78 is 0.965. The van der Waals surface area contributed by atoms with Gasteiger partial charge in [0.15, 0.2) is 0 Å². The topological polar surface area (TPSA) is 38.9 Å². The van der Waals surface area contributed by atoms with Gasteiger partial charge in [-0.3, -0.25) is 0 Å². The number of pyridine rings is 1. The molecule has 0 atom stereocenters. The van der Waals surface area contributed by atoms with Crippen LogP contribution >= 0.6 is 0 Å². The Bertz CT molecular complexity index is 200. The van der Waals surface area contributed by atoms with E-state index < -0.39 is 0 Å². The van der Waals surface area contributed by atoms with Crippen LogP contribution in [0.5, 0.6) is 0 Å². The molecule has 0 aliphatic carbocycles.